The van der Waals surface area contributed by atoms with Gasteiger partial charge in [0.2, 0.25) is 0 Å². The number of ether oxygens (including phenoxy) is 1. The van der Waals surface area contributed by atoms with Gasteiger partial charge in [-0.1, -0.05) is 13.8 Å². The molecule has 0 bridgehead atoms. The van der Waals surface area contributed by atoms with Gasteiger partial charge in [0.05, 0.1) is 7.11 Å². The van der Waals surface area contributed by atoms with Gasteiger partial charge in [0, 0.05) is 17.5 Å². The third-order valence-electron chi connectivity index (χ3n) is 2.27. The van der Waals surface area contributed by atoms with Gasteiger partial charge < -0.3 is 10.1 Å². The van der Waals surface area contributed by atoms with Crippen molar-refractivity contribution >= 4 is 17.7 Å². The molecule has 1 saturated heterocycles. The highest BCUT2D eigenvalue weighted by molar-refractivity contribution is 8.00. The minimum atomic E-state index is -0.144. The Morgan fingerprint density at radius 2 is 2.31 bits per heavy atom. The average Bonchev–Trinajstić information content (AvgIpc) is 2.17. The van der Waals surface area contributed by atoms with Crippen LogP contribution in [0.1, 0.15) is 13.8 Å². The SMILES string of the molecule is COC(=O)C1CSC(C(C)C)CN1. The van der Waals surface area contributed by atoms with Crippen molar-refractivity contribution in [2.75, 3.05) is 19.4 Å². The highest BCUT2D eigenvalue weighted by Gasteiger charge is 2.27. The summed E-state index contributed by atoms with van der Waals surface area (Å²) in [6.07, 6.45) is 0. The molecule has 1 rings (SSSR count). The van der Waals surface area contributed by atoms with Crippen LogP contribution in [0, 0.1) is 5.92 Å². The number of methoxy groups -OCH3 is 1. The van der Waals surface area contributed by atoms with Crippen LogP contribution >= 0.6 is 11.8 Å². The molecule has 4 heteroatoms. The van der Waals surface area contributed by atoms with Crippen LogP contribution in [0.15, 0.2) is 0 Å². The molecule has 0 saturated carbocycles. The molecule has 0 amide bonds. The molecule has 1 aliphatic rings. The number of carbonyl (C=O) groups is 1. The highest BCUT2D eigenvalue weighted by Crippen LogP contribution is 2.23. The molecule has 13 heavy (non-hydrogen) atoms. The standard InChI is InChI=1S/C9H17NO2S/c1-6(2)8-4-10-7(5-13-8)9(11)12-3/h6-8,10H,4-5H2,1-3H3. The summed E-state index contributed by atoms with van der Waals surface area (Å²) in [4.78, 5) is 11.1. The van der Waals surface area contributed by atoms with Crippen LogP contribution in [0.5, 0.6) is 0 Å². The summed E-state index contributed by atoms with van der Waals surface area (Å²) in [5, 5.41) is 3.83. The first-order chi connectivity index (χ1) is 6.15. The molecule has 0 radical (unpaired) electrons. The molecule has 0 aromatic carbocycles. The van der Waals surface area contributed by atoms with Gasteiger partial charge in [0.1, 0.15) is 6.04 Å². The van der Waals surface area contributed by atoms with E-state index in [0.29, 0.717) is 11.2 Å². The first-order valence-electron chi connectivity index (χ1n) is 4.58. The van der Waals surface area contributed by atoms with Crippen LogP contribution in [0.2, 0.25) is 0 Å². The zero-order valence-corrected chi connectivity index (χ0v) is 9.19. The molecule has 0 aliphatic carbocycles. The lowest BCUT2D eigenvalue weighted by Crippen LogP contribution is -2.48. The Labute approximate surface area is 83.6 Å². The molecule has 1 aliphatic heterocycles. The zero-order valence-electron chi connectivity index (χ0n) is 8.37. The number of hydrogen-bond acceptors (Lipinski definition) is 4. The van der Waals surface area contributed by atoms with E-state index in [1.807, 2.05) is 11.8 Å². The van der Waals surface area contributed by atoms with E-state index in [1.165, 1.54) is 7.11 Å². The lowest BCUT2D eigenvalue weighted by Gasteiger charge is -2.30. The molecule has 0 aromatic rings. The monoisotopic (exact) mass is 203 g/mol. The first kappa shape index (κ1) is 10.9. The van der Waals surface area contributed by atoms with Crippen molar-refractivity contribution in [1.29, 1.82) is 0 Å². The number of rotatable bonds is 2. The summed E-state index contributed by atoms with van der Waals surface area (Å²) in [5.41, 5.74) is 0. The van der Waals surface area contributed by atoms with Crippen molar-refractivity contribution in [2.24, 2.45) is 5.92 Å². The van der Waals surface area contributed by atoms with Gasteiger partial charge in [-0.2, -0.15) is 11.8 Å². The van der Waals surface area contributed by atoms with Crippen molar-refractivity contribution in [3.8, 4) is 0 Å². The highest BCUT2D eigenvalue weighted by atomic mass is 32.2. The van der Waals surface area contributed by atoms with Gasteiger partial charge in [0.15, 0.2) is 0 Å². The topological polar surface area (TPSA) is 38.3 Å². The smallest absolute Gasteiger partial charge is 0.323 e. The van der Waals surface area contributed by atoms with Crippen LogP contribution in [0.3, 0.4) is 0 Å². The summed E-state index contributed by atoms with van der Waals surface area (Å²) in [6, 6.07) is -0.106. The van der Waals surface area contributed by atoms with Crippen molar-refractivity contribution < 1.29 is 9.53 Å². The normalized spacial score (nSPS) is 28.9. The fourth-order valence-electron chi connectivity index (χ4n) is 1.32. The van der Waals surface area contributed by atoms with E-state index in [2.05, 4.69) is 23.9 Å². The molecule has 1 heterocycles. The fraction of sp³-hybridized carbons (Fsp3) is 0.889. The summed E-state index contributed by atoms with van der Waals surface area (Å²) in [7, 11) is 1.43. The Kier molecular flexibility index (Phi) is 4.06. The molecule has 76 valence electrons. The predicted molar refractivity (Wildman–Crippen MR) is 54.9 cm³/mol. The lowest BCUT2D eigenvalue weighted by molar-refractivity contribution is -0.142. The third kappa shape index (κ3) is 2.88. The van der Waals surface area contributed by atoms with Crippen LogP contribution in [-0.2, 0) is 9.53 Å². The Bertz CT molecular complexity index is 176. The molecule has 1 fully saturated rings. The van der Waals surface area contributed by atoms with Crippen LogP contribution in [-0.4, -0.2) is 36.7 Å². The van der Waals surface area contributed by atoms with E-state index in [9.17, 15) is 4.79 Å². The molecule has 3 nitrogen and oxygen atoms in total. The van der Waals surface area contributed by atoms with E-state index in [4.69, 9.17) is 0 Å². The molecule has 2 unspecified atom stereocenters. The molecular formula is C9H17NO2S. The minimum absolute atomic E-state index is 0.106. The molecule has 0 aromatic heterocycles. The van der Waals surface area contributed by atoms with E-state index in [0.717, 1.165) is 12.3 Å². The quantitative estimate of drug-likeness (QED) is 0.676. The van der Waals surface area contributed by atoms with Gasteiger partial charge in [-0.25, -0.2) is 0 Å². The lowest BCUT2D eigenvalue weighted by atomic mass is 10.1. The number of hydrogen-bond donors (Lipinski definition) is 1. The van der Waals surface area contributed by atoms with E-state index < -0.39 is 0 Å². The maximum atomic E-state index is 11.1. The summed E-state index contributed by atoms with van der Waals surface area (Å²) in [5.74, 6) is 1.35. The van der Waals surface area contributed by atoms with Gasteiger partial charge >= 0.3 is 5.97 Å². The van der Waals surface area contributed by atoms with Crippen LogP contribution in [0.4, 0.5) is 0 Å². The number of thioether (sulfide) groups is 1. The molecule has 2 atom stereocenters. The van der Waals surface area contributed by atoms with E-state index >= 15 is 0 Å². The van der Waals surface area contributed by atoms with Gasteiger partial charge in [-0.15, -0.1) is 0 Å². The van der Waals surface area contributed by atoms with E-state index in [-0.39, 0.29) is 12.0 Å². The molecular weight excluding hydrogens is 186 g/mol. The second kappa shape index (κ2) is 4.86. The second-order valence-electron chi connectivity index (χ2n) is 3.60. The maximum Gasteiger partial charge on any atom is 0.323 e. The molecule has 1 N–H and O–H groups in total. The summed E-state index contributed by atoms with van der Waals surface area (Å²) < 4.78 is 4.67. The third-order valence-corrected chi connectivity index (χ3v) is 3.94. The Hall–Kier alpha value is -0.220. The van der Waals surface area contributed by atoms with Crippen molar-refractivity contribution in [3.05, 3.63) is 0 Å². The zero-order chi connectivity index (χ0) is 9.84. The van der Waals surface area contributed by atoms with Gasteiger partial charge in [-0.3, -0.25) is 4.79 Å². The second-order valence-corrected chi connectivity index (χ2v) is 4.87. The van der Waals surface area contributed by atoms with Crippen molar-refractivity contribution in [2.45, 2.75) is 25.1 Å². The van der Waals surface area contributed by atoms with Crippen LogP contribution < -0.4 is 5.32 Å². The Balaban J connectivity index is 2.34. The summed E-state index contributed by atoms with van der Waals surface area (Å²) >= 11 is 1.86. The minimum Gasteiger partial charge on any atom is -0.468 e. The number of nitrogens with one attached hydrogen (secondary N) is 1. The average molecular weight is 203 g/mol. The number of esters is 1. The van der Waals surface area contributed by atoms with Crippen molar-refractivity contribution in [1.82, 2.24) is 5.32 Å². The van der Waals surface area contributed by atoms with Gasteiger partial charge in [-0.05, 0) is 5.92 Å². The summed E-state index contributed by atoms with van der Waals surface area (Å²) in [6.45, 7) is 5.32. The number of carbonyl (C=O) groups excluding carboxylic acids is 1. The predicted octanol–water partition coefficient (Wildman–Crippen LogP) is 0.889. The largest absolute Gasteiger partial charge is 0.468 e. The maximum absolute atomic E-state index is 11.1. The van der Waals surface area contributed by atoms with Crippen LogP contribution in [0.25, 0.3) is 0 Å². The fourth-order valence-corrected chi connectivity index (χ4v) is 2.61. The molecule has 0 spiro atoms. The van der Waals surface area contributed by atoms with Crippen molar-refractivity contribution in [3.63, 3.8) is 0 Å². The Morgan fingerprint density at radius 1 is 1.62 bits per heavy atom. The van der Waals surface area contributed by atoms with E-state index in [1.54, 1.807) is 0 Å². The van der Waals surface area contributed by atoms with Gasteiger partial charge in [0.25, 0.3) is 0 Å². The first-order valence-corrected chi connectivity index (χ1v) is 5.63. The Morgan fingerprint density at radius 3 is 2.69 bits per heavy atom.